The SMILES string of the molecule is CC(NC(=O)NCc1ccccc1OCCO)C1CC2CCC1C2. The van der Waals surface area contributed by atoms with E-state index in [1.54, 1.807) is 0 Å². The first-order chi connectivity index (χ1) is 11.7. The van der Waals surface area contributed by atoms with Crippen molar-refractivity contribution in [3.05, 3.63) is 29.8 Å². The molecule has 4 unspecified atom stereocenters. The van der Waals surface area contributed by atoms with Crippen molar-refractivity contribution >= 4 is 6.03 Å². The molecule has 3 rings (SSSR count). The van der Waals surface area contributed by atoms with Crippen molar-refractivity contribution in [3.63, 3.8) is 0 Å². The molecule has 5 nitrogen and oxygen atoms in total. The van der Waals surface area contributed by atoms with Gasteiger partial charge in [0.15, 0.2) is 0 Å². The number of aliphatic hydroxyl groups excluding tert-OH is 1. The van der Waals surface area contributed by atoms with E-state index in [2.05, 4.69) is 17.6 Å². The van der Waals surface area contributed by atoms with Crippen LogP contribution < -0.4 is 15.4 Å². The third kappa shape index (κ3) is 4.01. The Balaban J connectivity index is 1.47. The zero-order chi connectivity index (χ0) is 16.9. The van der Waals surface area contributed by atoms with E-state index >= 15 is 0 Å². The zero-order valence-corrected chi connectivity index (χ0v) is 14.3. The van der Waals surface area contributed by atoms with Gasteiger partial charge in [0.25, 0.3) is 0 Å². The summed E-state index contributed by atoms with van der Waals surface area (Å²) in [5.74, 6) is 3.03. The molecule has 0 aliphatic heterocycles. The fraction of sp³-hybridized carbons (Fsp3) is 0.632. The van der Waals surface area contributed by atoms with Crippen LogP contribution in [0.2, 0.25) is 0 Å². The second kappa shape index (κ2) is 7.88. The number of carbonyl (C=O) groups is 1. The Labute approximate surface area is 143 Å². The van der Waals surface area contributed by atoms with Gasteiger partial charge in [-0.15, -0.1) is 0 Å². The number of hydrogen-bond acceptors (Lipinski definition) is 3. The van der Waals surface area contributed by atoms with E-state index in [1.807, 2.05) is 24.3 Å². The zero-order valence-electron chi connectivity index (χ0n) is 14.3. The maximum atomic E-state index is 12.2. The Kier molecular flexibility index (Phi) is 5.61. The third-order valence-corrected chi connectivity index (χ3v) is 5.55. The Morgan fingerprint density at radius 2 is 2.17 bits per heavy atom. The molecule has 3 N–H and O–H groups in total. The molecular formula is C19H28N2O3. The van der Waals surface area contributed by atoms with E-state index in [1.165, 1.54) is 25.7 Å². The highest BCUT2D eigenvalue weighted by atomic mass is 16.5. The third-order valence-electron chi connectivity index (χ3n) is 5.55. The summed E-state index contributed by atoms with van der Waals surface area (Å²) in [6.07, 6.45) is 5.33. The summed E-state index contributed by atoms with van der Waals surface area (Å²) in [7, 11) is 0. The van der Waals surface area contributed by atoms with Crippen molar-refractivity contribution in [2.45, 2.75) is 45.2 Å². The van der Waals surface area contributed by atoms with Crippen LogP contribution in [0.4, 0.5) is 4.79 Å². The number of carbonyl (C=O) groups excluding carboxylic acids is 1. The van der Waals surface area contributed by atoms with Gasteiger partial charge in [0.2, 0.25) is 0 Å². The minimum absolute atomic E-state index is 0.0245. The van der Waals surface area contributed by atoms with Crippen molar-refractivity contribution in [1.82, 2.24) is 10.6 Å². The Morgan fingerprint density at radius 3 is 2.88 bits per heavy atom. The van der Waals surface area contributed by atoms with Crippen LogP contribution in [0.1, 0.15) is 38.2 Å². The smallest absolute Gasteiger partial charge is 0.315 e. The highest BCUT2D eigenvalue weighted by Crippen LogP contribution is 2.49. The summed E-state index contributed by atoms with van der Waals surface area (Å²) >= 11 is 0. The number of hydrogen-bond donors (Lipinski definition) is 3. The van der Waals surface area contributed by atoms with E-state index in [-0.39, 0.29) is 25.3 Å². The van der Waals surface area contributed by atoms with Crippen molar-refractivity contribution in [2.24, 2.45) is 17.8 Å². The van der Waals surface area contributed by atoms with E-state index in [4.69, 9.17) is 9.84 Å². The molecule has 5 heteroatoms. The van der Waals surface area contributed by atoms with Crippen LogP contribution in [0.15, 0.2) is 24.3 Å². The predicted molar refractivity (Wildman–Crippen MR) is 92.8 cm³/mol. The lowest BCUT2D eigenvalue weighted by atomic mass is 9.84. The Hall–Kier alpha value is -1.75. The fourth-order valence-corrected chi connectivity index (χ4v) is 4.39. The lowest BCUT2D eigenvalue weighted by Gasteiger charge is -2.28. The minimum atomic E-state index is -0.123. The summed E-state index contributed by atoms with van der Waals surface area (Å²) in [6.45, 7) is 2.77. The Morgan fingerprint density at radius 1 is 1.33 bits per heavy atom. The summed E-state index contributed by atoms with van der Waals surface area (Å²) in [6, 6.07) is 7.67. The Bertz CT molecular complexity index is 563. The van der Waals surface area contributed by atoms with Gasteiger partial charge >= 0.3 is 6.03 Å². The van der Waals surface area contributed by atoms with Crippen LogP contribution in [0.3, 0.4) is 0 Å². The molecule has 24 heavy (non-hydrogen) atoms. The average molecular weight is 332 g/mol. The number of amides is 2. The summed E-state index contributed by atoms with van der Waals surface area (Å²) < 4.78 is 5.49. The quantitative estimate of drug-likeness (QED) is 0.719. The van der Waals surface area contributed by atoms with Crippen LogP contribution in [0.5, 0.6) is 5.75 Å². The second-order valence-corrected chi connectivity index (χ2v) is 7.13. The maximum Gasteiger partial charge on any atom is 0.315 e. The minimum Gasteiger partial charge on any atom is -0.491 e. The number of ether oxygens (including phenoxy) is 1. The molecule has 0 radical (unpaired) electrons. The largest absolute Gasteiger partial charge is 0.491 e. The number of nitrogens with one attached hydrogen (secondary N) is 2. The van der Waals surface area contributed by atoms with Crippen LogP contribution >= 0.6 is 0 Å². The lowest BCUT2D eigenvalue weighted by molar-refractivity contribution is 0.199. The van der Waals surface area contributed by atoms with Crippen molar-refractivity contribution in [3.8, 4) is 5.75 Å². The molecule has 2 amide bonds. The van der Waals surface area contributed by atoms with E-state index in [9.17, 15) is 4.79 Å². The number of fused-ring (bicyclic) bond motifs is 2. The van der Waals surface area contributed by atoms with Crippen LogP contribution in [-0.4, -0.2) is 30.4 Å². The first kappa shape index (κ1) is 17.1. The van der Waals surface area contributed by atoms with Gasteiger partial charge in [-0.05, 0) is 50.0 Å². The number of para-hydroxylation sites is 1. The monoisotopic (exact) mass is 332 g/mol. The van der Waals surface area contributed by atoms with Crippen LogP contribution in [0, 0.1) is 17.8 Å². The van der Waals surface area contributed by atoms with E-state index in [0.29, 0.717) is 18.2 Å². The van der Waals surface area contributed by atoms with Crippen LogP contribution in [-0.2, 0) is 6.54 Å². The molecule has 2 aliphatic carbocycles. The molecule has 2 aliphatic rings. The van der Waals surface area contributed by atoms with Gasteiger partial charge in [0.05, 0.1) is 6.61 Å². The van der Waals surface area contributed by atoms with Crippen molar-refractivity contribution in [2.75, 3.05) is 13.2 Å². The molecule has 2 bridgehead atoms. The summed E-state index contributed by atoms with van der Waals surface area (Å²) in [5.41, 5.74) is 0.911. The van der Waals surface area contributed by atoms with Crippen molar-refractivity contribution in [1.29, 1.82) is 0 Å². The molecule has 1 aromatic carbocycles. The predicted octanol–water partition coefficient (Wildman–Crippen LogP) is 2.68. The standard InChI is InChI=1S/C19H28N2O3/c1-13(17-11-14-6-7-15(17)10-14)21-19(23)20-12-16-4-2-3-5-18(16)24-9-8-22/h2-5,13-15,17,22H,6-12H2,1H3,(H2,20,21,23). The first-order valence-electron chi connectivity index (χ1n) is 9.03. The van der Waals surface area contributed by atoms with Gasteiger partial charge in [0, 0.05) is 18.2 Å². The fourth-order valence-electron chi connectivity index (χ4n) is 4.39. The normalized spacial score (nSPS) is 26.2. The molecule has 0 saturated heterocycles. The second-order valence-electron chi connectivity index (χ2n) is 7.13. The molecule has 4 atom stereocenters. The van der Waals surface area contributed by atoms with Gasteiger partial charge in [0.1, 0.15) is 12.4 Å². The summed E-state index contributed by atoms with van der Waals surface area (Å²) in [5, 5.41) is 14.9. The molecule has 0 aromatic heterocycles. The number of benzene rings is 1. The number of rotatable bonds is 7. The van der Waals surface area contributed by atoms with Gasteiger partial charge in [-0.25, -0.2) is 4.79 Å². The number of aliphatic hydroxyl groups is 1. The first-order valence-corrected chi connectivity index (χ1v) is 9.03. The lowest BCUT2D eigenvalue weighted by Crippen LogP contribution is -2.45. The molecular weight excluding hydrogens is 304 g/mol. The topological polar surface area (TPSA) is 70.6 Å². The maximum absolute atomic E-state index is 12.2. The summed E-state index contributed by atoms with van der Waals surface area (Å²) in [4.78, 5) is 12.2. The average Bonchev–Trinajstić information content (AvgIpc) is 3.22. The van der Waals surface area contributed by atoms with Gasteiger partial charge < -0.3 is 20.5 Å². The molecule has 2 fully saturated rings. The van der Waals surface area contributed by atoms with Gasteiger partial charge in [-0.3, -0.25) is 0 Å². The van der Waals surface area contributed by atoms with Gasteiger partial charge in [-0.2, -0.15) is 0 Å². The van der Waals surface area contributed by atoms with Crippen molar-refractivity contribution < 1.29 is 14.6 Å². The highest BCUT2D eigenvalue weighted by Gasteiger charge is 2.42. The van der Waals surface area contributed by atoms with Gasteiger partial charge in [-0.1, -0.05) is 24.6 Å². The molecule has 0 spiro atoms. The van der Waals surface area contributed by atoms with E-state index < -0.39 is 0 Å². The van der Waals surface area contributed by atoms with E-state index in [0.717, 1.165) is 17.4 Å². The molecule has 0 heterocycles. The molecule has 2 saturated carbocycles. The van der Waals surface area contributed by atoms with Crippen LogP contribution in [0.25, 0.3) is 0 Å². The number of urea groups is 1. The molecule has 132 valence electrons. The molecule has 1 aromatic rings. The highest BCUT2D eigenvalue weighted by molar-refractivity contribution is 5.74.